The lowest BCUT2D eigenvalue weighted by atomic mass is 10.6. The average molecular weight is 132 g/mol. The summed E-state index contributed by atoms with van der Waals surface area (Å²) in [4.78, 5) is 0. The maximum Gasteiger partial charge on any atom is 0.140 e. The molecule has 1 heterocycles. The summed E-state index contributed by atoms with van der Waals surface area (Å²) < 4.78 is 1.52. The number of hydrogen-bond donors (Lipinski definition) is 1. The van der Waals surface area contributed by atoms with Gasteiger partial charge >= 0.3 is 0 Å². The molecule has 1 aromatic rings. The molecule has 8 heavy (non-hydrogen) atoms. The zero-order valence-electron chi connectivity index (χ0n) is 4.43. The minimum absolute atomic E-state index is 0.506. The highest BCUT2D eigenvalue weighted by Crippen LogP contribution is 2.14. The summed E-state index contributed by atoms with van der Waals surface area (Å²) in [6, 6.07) is 0. The van der Waals surface area contributed by atoms with Crippen molar-refractivity contribution in [1.29, 1.82) is 0 Å². The van der Waals surface area contributed by atoms with E-state index < -0.39 is 0 Å². The summed E-state index contributed by atoms with van der Waals surface area (Å²) >= 11 is 5.52. The number of anilines is 1. The molecule has 44 valence electrons. The van der Waals surface area contributed by atoms with Gasteiger partial charge in [0.05, 0.1) is 6.20 Å². The van der Waals surface area contributed by atoms with Crippen molar-refractivity contribution in [2.75, 3.05) is 5.73 Å². The molecule has 1 aromatic heterocycles. The fourth-order valence-corrected chi connectivity index (χ4v) is 0.586. The quantitative estimate of drug-likeness (QED) is 0.562. The van der Waals surface area contributed by atoms with E-state index in [1.807, 2.05) is 0 Å². The van der Waals surface area contributed by atoms with Crippen molar-refractivity contribution in [3.05, 3.63) is 11.2 Å². The van der Waals surface area contributed by atoms with Crippen LogP contribution in [0.5, 0.6) is 0 Å². The van der Waals surface area contributed by atoms with Crippen LogP contribution in [0.25, 0.3) is 0 Å². The molecule has 0 aromatic carbocycles. The first-order chi connectivity index (χ1) is 3.72. The first-order valence-corrected chi connectivity index (χ1v) is 2.52. The van der Waals surface area contributed by atoms with E-state index in [-0.39, 0.29) is 0 Å². The maximum atomic E-state index is 5.52. The first kappa shape index (κ1) is 5.44. The van der Waals surface area contributed by atoms with Crippen LogP contribution in [0.15, 0.2) is 6.20 Å². The number of halogens is 1. The van der Waals surface area contributed by atoms with E-state index in [9.17, 15) is 0 Å². The Morgan fingerprint density at radius 2 is 2.50 bits per heavy atom. The summed E-state index contributed by atoms with van der Waals surface area (Å²) in [5.41, 5.74) is 5.37. The van der Waals surface area contributed by atoms with Gasteiger partial charge in [0.2, 0.25) is 0 Å². The zero-order valence-corrected chi connectivity index (χ0v) is 5.18. The molecule has 0 unspecified atom stereocenters. The number of nitrogens with two attached hydrogens (primary N) is 1. The van der Waals surface area contributed by atoms with Gasteiger partial charge in [0, 0.05) is 7.05 Å². The van der Waals surface area contributed by atoms with Gasteiger partial charge in [-0.3, -0.25) is 4.68 Å². The molecular formula is C4H6ClN3. The molecule has 0 saturated heterocycles. The summed E-state index contributed by atoms with van der Waals surface area (Å²) in [5.74, 6) is 0.506. The van der Waals surface area contributed by atoms with Gasteiger partial charge in [-0.05, 0) is 0 Å². The summed E-state index contributed by atoms with van der Waals surface area (Å²) in [6.07, 6.45) is 1.51. The van der Waals surface area contributed by atoms with Crippen molar-refractivity contribution in [3.8, 4) is 0 Å². The Morgan fingerprint density at radius 1 is 1.88 bits per heavy atom. The van der Waals surface area contributed by atoms with Crippen molar-refractivity contribution in [2.45, 2.75) is 0 Å². The molecule has 3 nitrogen and oxygen atoms in total. The molecule has 0 fully saturated rings. The SMILES string of the molecule is Cn1ncc(Cl)c1N. The molecule has 0 saturated carbocycles. The fourth-order valence-electron chi connectivity index (χ4n) is 0.420. The van der Waals surface area contributed by atoms with E-state index in [1.54, 1.807) is 7.05 Å². The third kappa shape index (κ3) is 0.648. The third-order valence-corrected chi connectivity index (χ3v) is 1.23. The van der Waals surface area contributed by atoms with E-state index in [4.69, 9.17) is 17.3 Å². The monoisotopic (exact) mass is 131 g/mol. The minimum Gasteiger partial charge on any atom is -0.383 e. The molecule has 0 aliphatic rings. The van der Waals surface area contributed by atoms with Gasteiger partial charge in [-0.15, -0.1) is 0 Å². The van der Waals surface area contributed by atoms with Gasteiger partial charge in [-0.1, -0.05) is 11.6 Å². The second-order valence-electron chi connectivity index (χ2n) is 1.50. The number of rotatable bonds is 0. The van der Waals surface area contributed by atoms with Crippen LogP contribution >= 0.6 is 11.6 Å². The van der Waals surface area contributed by atoms with Crippen LogP contribution in [0.4, 0.5) is 5.82 Å². The van der Waals surface area contributed by atoms with E-state index >= 15 is 0 Å². The average Bonchev–Trinajstić information content (AvgIpc) is 1.98. The Morgan fingerprint density at radius 3 is 2.62 bits per heavy atom. The van der Waals surface area contributed by atoms with Crippen LogP contribution in [0.2, 0.25) is 5.02 Å². The van der Waals surface area contributed by atoms with Crippen LogP contribution in [-0.4, -0.2) is 9.78 Å². The molecule has 0 radical (unpaired) electrons. The van der Waals surface area contributed by atoms with Crippen LogP contribution in [0, 0.1) is 0 Å². The fraction of sp³-hybridized carbons (Fsp3) is 0.250. The molecule has 0 amide bonds. The van der Waals surface area contributed by atoms with Crippen molar-refractivity contribution in [3.63, 3.8) is 0 Å². The molecular weight excluding hydrogens is 126 g/mol. The second-order valence-corrected chi connectivity index (χ2v) is 1.91. The van der Waals surface area contributed by atoms with E-state index in [0.717, 1.165) is 0 Å². The summed E-state index contributed by atoms with van der Waals surface area (Å²) in [6.45, 7) is 0. The summed E-state index contributed by atoms with van der Waals surface area (Å²) in [5, 5.41) is 4.28. The highest BCUT2D eigenvalue weighted by molar-refractivity contribution is 6.32. The molecule has 0 aliphatic heterocycles. The lowest BCUT2D eigenvalue weighted by Gasteiger charge is -1.89. The molecule has 0 aliphatic carbocycles. The van der Waals surface area contributed by atoms with Crippen molar-refractivity contribution < 1.29 is 0 Å². The molecule has 1 rings (SSSR count). The highest BCUT2D eigenvalue weighted by Gasteiger charge is 1.97. The van der Waals surface area contributed by atoms with Crippen LogP contribution in [0.1, 0.15) is 0 Å². The largest absolute Gasteiger partial charge is 0.383 e. The van der Waals surface area contributed by atoms with E-state index in [1.165, 1.54) is 10.9 Å². The van der Waals surface area contributed by atoms with Crippen molar-refractivity contribution in [1.82, 2.24) is 9.78 Å². The van der Waals surface area contributed by atoms with Gasteiger partial charge in [-0.2, -0.15) is 5.10 Å². The Hall–Kier alpha value is -0.700. The molecule has 0 spiro atoms. The van der Waals surface area contributed by atoms with Crippen molar-refractivity contribution >= 4 is 17.4 Å². The second kappa shape index (κ2) is 1.67. The summed E-state index contributed by atoms with van der Waals surface area (Å²) in [7, 11) is 1.74. The molecule has 2 N–H and O–H groups in total. The lowest BCUT2D eigenvalue weighted by Crippen LogP contribution is -1.96. The van der Waals surface area contributed by atoms with E-state index in [2.05, 4.69) is 5.10 Å². The Balaban J connectivity index is 3.19. The maximum absolute atomic E-state index is 5.52. The normalized spacial score (nSPS) is 9.75. The Bertz CT molecular complexity index is 174. The Labute approximate surface area is 52.0 Å². The van der Waals surface area contributed by atoms with Gasteiger partial charge in [0.15, 0.2) is 0 Å². The van der Waals surface area contributed by atoms with Gasteiger partial charge < -0.3 is 5.73 Å². The highest BCUT2D eigenvalue weighted by atomic mass is 35.5. The van der Waals surface area contributed by atoms with Gasteiger partial charge in [0.25, 0.3) is 0 Å². The standard InChI is InChI=1S/C4H6ClN3/c1-8-4(6)3(5)2-7-8/h2H,6H2,1H3. The number of nitrogens with zero attached hydrogens (tertiary/aromatic N) is 2. The first-order valence-electron chi connectivity index (χ1n) is 2.15. The van der Waals surface area contributed by atoms with Crippen molar-refractivity contribution in [2.24, 2.45) is 7.05 Å². The van der Waals surface area contributed by atoms with Gasteiger partial charge in [0.1, 0.15) is 10.8 Å². The van der Waals surface area contributed by atoms with Crippen LogP contribution in [0.3, 0.4) is 0 Å². The molecule has 0 bridgehead atoms. The topological polar surface area (TPSA) is 43.8 Å². The molecule has 4 heteroatoms. The smallest absolute Gasteiger partial charge is 0.140 e. The lowest BCUT2D eigenvalue weighted by molar-refractivity contribution is 0.779. The Kier molecular flexibility index (Phi) is 1.13. The van der Waals surface area contributed by atoms with Crippen LogP contribution in [-0.2, 0) is 7.05 Å². The predicted molar refractivity (Wildman–Crippen MR) is 32.6 cm³/mol. The number of hydrogen-bond acceptors (Lipinski definition) is 2. The number of nitrogen functional groups attached to an aromatic ring is 1. The minimum atomic E-state index is 0.506. The zero-order chi connectivity index (χ0) is 6.15. The predicted octanol–water partition coefficient (Wildman–Crippen LogP) is 0.656. The number of aryl methyl sites for hydroxylation is 1. The molecule has 0 atom stereocenters. The van der Waals surface area contributed by atoms with Gasteiger partial charge in [-0.25, -0.2) is 0 Å². The van der Waals surface area contributed by atoms with Crippen LogP contribution < -0.4 is 5.73 Å². The van der Waals surface area contributed by atoms with E-state index in [0.29, 0.717) is 10.8 Å². The third-order valence-electron chi connectivity index (χ3n) is 0.938. The number of aromatic nitrogens is 2.